The van der Waals surface area contributed by atoms with E-state index < -0.39 is 6.04 Å². The minimum absolute atomic E-state index is 0.179. The van der Waals surface area contributed by atoms with Crippen LogP contribution in [0.5, 0.6) is 0 Å². The monoisotopic (exact) mass is 355 g/mol. The van der Waals surface area contributed by atoms with E-state index in [0.29, 0.717) is 25.4 Å². The minimum atomic E-state index is -0.594. The molecule has 1 aliphatic heterocycles. The molecule has 6 nitrogen and oxygen atoms in total. The highest BCUT2D eigenvalue weighted by Gasteiger charge is 2.33. The predicted octanol–water partition coefficient (Wildman–Crippen LogP) is 1.21. The molecule has 0 aliphatic carbocycles. The van der Waals surface area contributed by atoms with Crippen LogP contribution in [0.3, 0.4) is 0 Å². The summed E-state index contributed by atoms with van der Waals surface area (Å²) in [5, 5.41) is 2.81. The molecule has 21 heavy (non-hydrogen) atoms. The molecule has 114 valence electrons. The number of halogens is 1. The Bertz CT molecular complexity index is 507. The molecule has 0 aromatic carbocycles. The van der Waals surface area contributed by atoms with Gasteiger partial charge in [0.25, 0.3) is 5.91 Å². The van der Waals surface area contributed by atoms with Crippen molar-refractivity contribution in [3.8, 4) is 0 Å². The van der Waals surface area contributed by atoms with Crippen LogP contribution in [0.2, 0.25) is 0 Å². The van der Waals surface area contributed by atoms with Crippen LogP contribution in [0.25, 0.3) is 0 Å². The van der Waals surface area contributed by atoms with Crippen LogP contribution in [0.15, 0.2) is 22.8 Å². The van der Waals surface area contributed by atoms with Gasteiger partial charge in [-0.25, -0.2) is 4.98 Å². The first-order valence-corrected chi connectivity index (χ1v) is 7.70. The molecule has 0 saturated carbocycles. The fraction of sp³-hybridized carbons (Fsp3) is 0.500. The van der Waals surface area contributed by atoms with Gasteiger partial charge in [-0.1, -0.05) is 6.92 Å². The van der Waals surface area contributed by atoms with E-state index in [2.05, 4.69) is 26.2 Å². The highest BCUT2D eigenvalue weighted by Crippen LogP contribution is 2.14. The third-order valence-electron chi connectivity index (χ3n) is 3.19. The maximum Gasteiger partial charge on any atom is 0.273 e. The van der Waals surface area contributed by atoms with Crippen molar-refractivity contribution in [2.75, 3.05) is 26.3 Å². The van der Waals surface area contributed by atoms with E-state index in [-0.39, 0.29) is 18.4 Å². The Hall–Kier alpha value is -1.47. The van der Waals surface area contributed by atoms with Crippen molar-refractivity contribution in [2.45, 2.75) is 19.4 Å². The first-order valence-electron chi connectivity index (χ1n) is 6.91. The number of hydrogen-bond acceptors (Lipinski definition) is 4. The number of nitrogens with zero attached hydrogens (tertiary/aromatic N) is 2. The number of aromatic nitrogens is 1. The quantitative estimate of drug-likeness (QED) is 0.881. The normalized spacial score (nSPS) is 18.4. The molecule has 1 aromatic rings. The molecule has 2 amide bonds. The van der Waals surface area contributed by atoms with Crippen molar-refractivity contribution in [1.29, 1.82) is 0 Å². The lowest BCUT2D eigenvalue weighted by Crippen LogP contribution is -2.56. The zero-order chi connectivity index (χ0) is 15.2. The number of rotatable bonds is 4. The summed E-state index contributed by atoms with van der Waals surface area (Å²) in [5.41, 5.74) is 0.327. The van der Waals surface area contributed by atoms with E-state index >= 15 is 0 Å². The van der Waals surface area contributed by atoms with E-state index in [9.17, 15) is 9.59 Å². The van der Waals surface area contributed by atoms with E-state index in [4.69, 9.17) is 4.74 Å². The van der Waals surface area contributed by atoms with Crippen molar-refractivity contribution in [2.24, 2.45) is 0 Å². The second kappa shape index (κ2) is 7.51. The van der Waals surface area contributed by atoms with Crippen molar-refractivity contribution in [3.63, 3.8) is 0 Å². The van der Waals surface area contributed by atoms with Crippen LogP contribution in [0.4, 0.5) is 0 Å². The van der Waals surface area contributed by atoms with Gasteiger partial charge in [0.2, 0.25) is 5.91 Å². The Labute approximate surface area is 132 Å². The van der Waals surface area contributed by atoms with Crippen LogP contribution < -0.4 is 5.32 Å². The lowest BCUT2D eigenvalue weighted by Gasteiger charge is -2.34. The lowest BCUT2D eigenvalue weighted by atomic mass is 10.2. The Morgan fingerprint density at radius 3 is 3.00 bits per heavy atom. The number of amides is 2. The molecular weight excluding hydrogens is 338 g/mol. The second-order valence-electron chi connectivity index (χ2n) is 4.74. The van der Waals surface area contributed by atoms with E-state index in [0.717, 1.165) is 10.9 Å². The highest BCUT2D eigenvalue weighted by atomic mass is 79.9. The largest absolute Gasteiger partial charge is 0.377 e. The third-order valence-corrected chi connectivity index (χ3v) is 3.66. The highest BCUT2D eigenvalue weighted by molar-refractivity contribution is 9.10. The van der Waals surface area contributed by atoms with Crippen molar-refractivity contribution < 1.29 is 14.3 Å². The molecule has 1 atom stereocenters. The van der Waals surface area contributed by atoms with Gasteiger partial charge in [-0.15, -0.1) is 0 Å². The van der Waals surface area contributed by atoms with Crippen LogP contribution >= 0.6 is 15.9 Å². The zero-order valence-corrected chi connectivity index (χ0v) is 13.4. The molecule has 2 rings (SSSR count). The first-order chi connectivity index (χ1) is 10.1. The number of carbonyl (C=O) groups excluding carboxylic acids is 2. The number of nitrogens with one attached hydrogen (secondary N) is 1. The van der Waals surface area contributed by atoms with Crippen LogP contribution in [-0.2, 0) is 9.53 Å². The molecule has 0 radical (unpaired) electrons. The van der Waals surface area contributed by atoms with Gasteiger partial charge in [0, 0.05) is 23.8 Å². The average Bonchev–Trinajstić information content (AvgIpc) is 2.52. The van der Waals surface area contributed by atoms with E-state index in [1.165, 1.54) is 4.90 Å². The molecule has 2 heterocycles. The standard InChI is InChI=1S/C14H18BrN3O3/c1-2-5-16-13(19)12-9-21-7-6-18(12)14(20)11-4-3-10(15)8-17-11/h3-4,8,12H,2,5-7,9H2,1H3,(H,16,19). The van der Waals surface area contributed by atoms with Gasteiger partial charge >= 0.3 is 0 Å². The number of hydrogen-bond donors (Lipinski definition) is 1. The third kappa shape index (κ3) is 4.01. The molecule has 1 saturated heterocycles. The molecular formula is C14H18BrN3O3. The van der Waals surface area contributed by atoms with Gasteiger partial charge in [0.05, 0.1) is 13.2 Å². The smallest absolute Gasteiger partial charge is 0.273 e. The van der Waals surface area contributed by atoms with Gasteiger partial charge in [-0.05, 0) is 34.5 Å². The van der Waals surface area contributed by atoms with Crippen LogP contribution in [0, 0.1) is 0 Å². The van der Waals surface area contributed by atoms with Crippen LogP contribution in [0.1, 0.15) is 23.8 Å². The summed E-state index contributed by atoms with van der Waals surface area (Å²) in [6.07, 6.45) is 2.42. The summed E-state index contributed by atoms with van der Waals surface area (Å²) >= 11 is 3.28. The van der Waals surface area contributed by atoms with Crippen LogP contribution in [-0.4, -0.2) is 54.0 Å². The molecule has 1 aliphatic rings. The Morgan fingerprint density at radius 2 is 2.33 bits per heavy atom. The number of pyridine rings is 1. The molecule has 0 spiro atoms. The Morgan fingerprint density at radius 1 is 1.52 bits per heavy atom. The topological polar surface area (TPSA) is 71.5 Å². The summed E-state index contributed by atoms with van der Waals surface area (Å²) in [6.45, 7) is 3.61. The molecule has 1 fully saturated rings. The average molecular weight is 356 g/mol. The maximum absolute atomic E-state index is 12.5. The predicted molar refractivity (Wildman–Crippen MR) is 80.9 cm³/mol. The van der Waals surface area contributed by atoms with E-state index in [1.54, 1.807) is 18.3 Å². The van der Waals surface area contributed by atoms with Gasteiger partial charge in [-0.2, -0.15) is 0 Å². The van der Waals surface area contributed by atoms with Gasteiger partial charge in [0.15, 0.2) is 0 Å². The van der Waals surface area contributed by atoms with Gasteiger partial charge in [0.1, 0.15) is 11.7 Å². The SMILES string of the molecule is CCCNC(=O)C1COCCN1C(=O)c1ccc(Br)cn1. The fourth-order valence-corrected chi connectivity index (χ4v) is 2.31. The molecule has 0 bridgehead atoms. The van der Waals surface area contributed by atoms with Crippen molar-refractivity contribution in [1.82, 2.24) is 15.2 Å². The lowest BCUT2D eigenvalue weighted by molar-refractivity contribution is -0.130. The molecule has 1 unspecified atom stereocenters. The fourth-order valence-electron chi connectivity index (χ4n) is 2.08. The summed E-state index contributed by atoms with van der Waals surface area (Å²) in [7, 11) is 0. The maximum atomic E-state index is 12.5. The van der Waals surface area contributed by atoms with Crippen molar-refractivity contribution in [3.05, 3.63) is 28.5 Å². The summed E-state index contributed by atoms with van der Waals surface area (Å²) < 4.78 is 6.14. The molecule has 1 N–H and O–H groups in total. The first kappa shape index (κ1) is 15.9. The summed E-state index contributed by atoms with van der Waals surface area (Å²) in [4.78, 5) is 30.3. The second-order valence-corrected chi connectivity index (χ2v) is 5.66. The van der Waals surface area contributed by atoms with Crippen molar-refractivity contribution >= 4 is 27.7 Å². The summed E-state index contributed by atoms with van der Waals surface area (Å²) in [5.74, 6) is -0.426. The zero-order valence-electron chi connectivity index (χ0n) is 11.8. The Kier molecular flexibility index (Phi) is 5.69. The number of ether oxygens (including phenoxy) is 1. The van der Waals surface area contributed by atoms with Gasteiger partial charge < -0.3 is 15.0 Å². The number of carbonyl (C=O) groups is 2. The van der Waals surface area contributed by atoms with E-state index in [1.807, 2.05) is 6.92 Å². The number of morpholine rings is 1. The molecule has 7 heteroatoms. The summed E-state index contributed by atoms with van der Waals surface area (Å²) in [6, 6.07) is 2.80. The minimum Gasteiger partial charge on any atom is -0.377 e. The Balaban J connectivity index is 2.12. The molecule has 1 aromatic heterocycles. The van der Waals surface area contributed by atoms with Gasteiger partial charge in [-0.3, -0.25) is 9.59 Å².